The van der Waals surface area contributed by atoms with Crippen molar-refractivity contribution in [1.82, 2.24) is 19.9 Å². The van der Waals surface area contributed by atoms with Crippen molar-refractivity contribution in [1.29, 1.82) is 0 Å². The summed E-state index contributed by atoms with van der Waals surface area (Å²) in [5, 5.41) is 1.26. The Bertz CT molecular complexity index is 1950. The van der Waals surface area contributed by atoms with Crippen LogP contribution in [0.2, 0.25) is 20.1 Å². The van der Waals surface area contributed by atoms with Gasteiger partial charge in [-0.3, -0.25) is 0 Å². The average molecular weight is 972 g/mol. The zero-order valence-corrected chi connectivity index (χ0v) is 39.7. The molecule has 0 bridgehead atoms. The van der Waals surface area contributed by atoms with E-state index in [0.717, 1.165) is 22.5 Å². The van der Waals surface area contributed by atoms with E-state index in [0.29, 0.717) is 79.2 Å². The summed E-state index contributed by atoms with van der Waals surface area (Å²) in [5.74, 6) is 2.55. The van der Waals surface area contributed by atoms with Crippen LogP contribution in [-0.4, -0.2) is 74.6 Å². The average Bonchev–Trinajstić information content (AvgIpc) is 3.13. The first-order valence-electron chi connectivity index (χ1n) is 18.1. The highest BCUT2D eigenvalue weighted by Crippen LogP contribution is 2.41. The molecule has 11 nitrogen and oxygen atoms in total. The molecule has 0 N–H and O–H groups in total. The maximum Gasteiger partial charge on any atom is 0.228 e. The number of hydrogen-bond donors (Lipinski definition) is 0. The topological polar surface area (TPSA) is 104 Å². The molecular formula is C40H44Cl8N6O5. The molecule has 2 unspecified atom stereocenters. The van der Waals surface area contributed by atoms with Gasteiger partial charge in [-0.15, -0.1) is 0 Å². The molecule has 59 heavy (non-hydrogen) atoms. The molecule has 0 amide bonds. The van der Waals surface area contributed by atoms with Crippen molar-refractivity contribution >= 4 is 105 Å². The van der Waals surface area contributed by atoms with Gasteiger partial charge in [0, 0.05) is 74.7 Å². The number of aryl methyl sites for hydroxylation is 2. The molecule has 4 rings (SSSR count). The van der Waals surface area contributed by atoms with Crippen LogP contribution in [0.25, 0.3) is 0 Å². The molecular weight excluding hydrogens is 928 g/mol. The number of halogens is 8. The first-order valence-corrected chi connectivity index (χ1v) is 21.1. The number of rotatable bonds is 20. The van der Waals surface area contributed by atoms with Gasteiger partial charge >= 0.3 is 0 Å². The van der Waals surface area contributed by atoms with Crippen LogP contribution in [0.4, 0.5) is 11.9 Å². The third-order valence-electron chi connectivity index (χ3n) is 8.75. The molecule has 2 aromatic heterocycles. The molecule has 4 aromatic rings. The maximum absolute atomic E-state index is 6.88. The van der Waals surface area contributed by atoms with Gasteiger partial charge in [0.2, 0.25) is 23.7 Å². The van der Waals surface area contributed by atoms with Crippen LogP contribution < -0.4 is 28.7 Å². The van der Waals surface area contributed by atoms with Crippen LogP contribution in [0.15, 0.2) is 45.4 Å². The molecule has 2 aromatic carbocycles. The fourth-order valence-electron chi connectivity index (χ4n) is 5.39. The number of nitrogens with zero attached hydrogens (tertiary/aromatic N) is 6. The van der Waals surface area contributed by atoms with Gasteiger partial charge in [-0.25, -0.2) is 9.97 Å². The van der Waals surface area contributed by atoms with Gasteiger partial charge in [0.25, 0.3) is 0 Å². The number of benzene rings is 2. The number of hydrogen-bond acceptors (Lipinski definition) is 11. The minimum Gasteiger partial charge on any atom is -0.489 e. The summed E-state index contributed by atoms with van der Waals surface area (Å²) in [4.78, 5) is 22.1. The molecule has 0 radical (unpaired) electrons. The van der Waals surface area contributed by atoms with Gasteiger partial charge in [0.05, 0.1) is 33.3 Å². The molecule has 19 heteroatoms. The third kappa shape index (κ3) is 14.1. The molecule has 2 atom stereocenters. The van der Waals surface area contributed by atoms with E-state index in [9.17, 15) is 0 Å². The smallest absolute Gasteiger partial charge is 0.228 e. The molecule has 0 spiro atoms. The molecule has 0 aliphatic carbocycles. The lowest BCUT2D eigenvalue weighted by molar-refractivity contribution is 0.0662. The van der Waals surface area contributed by atoms with E-state index in [-0.39, 0.29) is 35.4 Å². The molecule has 0 fully saturated rings. The van der Waals surface area contributed by atoms with Crippen molar-refractivity contribution in [2.45, 2.75) is 52.7 Å². The predicted octanol–water partition coefficient (Wildman–Crippen LogP) is 12.4. The molecule has 2 heterocycles. The summed E-state index contributed by atoms with van der Waals surface area (Å²) in [6, 6.07) is 6.58. The number of anilines is 2. The standard InChI is InChI=1S/C40H44Cl8N6O5/c1-21-23(3)49-39(53(5)6)51-37(21)58-31(35-27(41)17-25(18-28(35)42)56-15-11-33(45)46)9-13-55-14-10-32(59-38-22(2)24(4)50-40(52-38)54(7)8)36-29(43)19-26(20-30(36)44)57-16-12-34(47)48/h11-12,17-20,31-32H,9-10,13-16H2,1-8H3. The normalized spacial score (nSPS) is 12.1. The molecule has 320 valence electrons. The van der Waals surface area contributed by atoms with Gasteiger partial charge in [0.1, 0.15) is 45.9 Å². The van der Waals surface area contributed by atoms with Gasteiger partial charge in [-0.2, -0.15) is 9.97 Å². The van der Waals surface area contributed by atoms with Crippen LogP contribution in [-0.2, 0) is 4.74 Å². The van der Waals surface area contributed by atoms with Crippen molar-refractivity contribution in [2.24, 2.45) is 0 Å². The highest BCUT2D eigenvalue weighted by Gasteiger charge is 2.27. The highest BCUT2D eigenvalue weighted by atomic mass is 35.5. The largest absolute Gasteiger partial charge is 0.489 e. The summed E-state index contributed by atoms with van der Waals surface area (Å²) in [6.07, 6.45) is 2.24. The van der Waals surface area contributed by atoms with Crippen LogP contribution in [0.1, 0.15) is 58.7 Å². The van der Waals surface area contributed by atoms with E-state index in [1.165, 1.54) is 12.2 Å². The zero-order chi connectivity index (χ0) is 43.6. The van der Waals surface area contributed by atoms with Crippen LogP contribution in [0.3, 0.4) is 0 Å². The molecule has 0 saturated heterocycles. The van der Waals surface area contributed by atoms with E-state index in [2.05, 4.69) is 19.9 Å². The second-order valence-electron chi connectivity index (χ2n) is 13.5. The second-order valence-corrected chi connectivity index (χ2v) is 17.1. The number of aromatic nitrogens is 4. The van der Waals surface area contributed by atoms with Crippen molar-refractivity contribution in [3.8, 4) is 23.3 Å². The monoisotopic (exact) mass is 968 g/mol. The summed E-state index contributed by atoms with van der Waals surface area (Å²) < 4.78 is 31.1. The van der Waals surface area contributed by atoms with Gasteiger partial charge in [-0.1, -0.05) is 92.8 Å². The Balaban J connectivity index is 1.62. The van der Waals surface area contributed by atoms with Crippen molar-refractivity contribution in [3.05, 3.63) is 99.1 Å². The van der Waals surface area contributed by atoms with Gasteiger partial charge < -0.3 is 33.5 Å². The zero-order valence-electron chi connectivity index (χ0n) is 33.6. The van der Waals surface area contributed by atoms with Crippen molar-refractivity contribution in [2.75, 3.05) is 64.4 Å². The Morgan fingerprint density at radius 3 is 1.22 bits per heavy atom. The second kappa shape index (κ2) is 22.8. The number of ether oxygens (including phenoxy) is 5. The van der Waals surface area contributed by atoms with E-state index in [1.807, 2.05) is 55.9 Å². The minimum absolute atomic E-state index is 0.0759. The Hall–Kier alpha value is -2.84. The maximum atomic E-state index is 6.88. The SMILES string of the molecule is Cc1nc(N(C)C)nc(OC(CCOCCC(Oc2nc(N(C)C)nc(C)c2C)c2c(Cl)cc(OCC=C(Cl)Cl)cc2Cl)c2c(Cl)cc(OCC=C(Cl)Cl)cc2Cl)c1C. The Kier molecular flexibility index (Phi) is 18.9. The van der Waals surface area contributed by atoms with Crippen LogP contribution in [0.5, 0.6) is 23.3 Å². The van der Waals surface area contributed by atoms with Gasteiger partial charge in [-0.05, 0) is 64.1 Å². The summed E-state index contributed by atoms with van der Waals surface area (Å²) >= 11 is 50.5. The van der Waals surface area contributed by atoms with Crippen molar-refractivity contribution in [3.63, 3.8) is 0 Å². The lowest BCUT2D eigenvalue weighted by atomic mass is 10.1. The fourth-order valence-corrected chi connectivity index (χ4v) is 7.06. The lowest BCUT2D eigenvalue weighted by Crippen LogP contribution is -2.19. The first-order chi connectivity index (χ1) is 27.9. The predicted molar refractivity (Wildman–Crippen MR) is 242 cm³/mol. The minimum atomic E-state index is -0.702. The lowest BCUT2D eigenvalue weighted by Gasteiger charge is -2.25. The molecule has 0 saturated carbocycles. The summed E-state index contributed by atoms with van der Waals surface area (Å²) in [7, 11) is 7.40. The van der Waals surface area contributed by atoms with Crippen LogP contribution >= 0.6 is 92.8 Å². The molecule has 0 aliphatic rings. The quantitative estimate of drug-likeness (QED) is 0.0791. The third-order valence-corrected chi connectivity index (χ3v) is 10.6. The van der Waals surface area contributed by atoms with E-state index in [1.54, 1.807) is 34.1 Å². The van der Waals surface area contributed by atoms with E-state index in [4.69, 9.17) is 116 Å². The molecule has 0 aliphatic heterocycles. The summed E-state index contributed by atoms with van der Waals surface area (Å²) in [6.45, 7) is 8.21. The van der Waals surface area contributed by atoms with E-state index >= 15 is 0 Å². The van der Waals surface area contributed by atoms with Gasteiger partial charge in [0.15, 0.2) is 0 Å². The van der Waals surface area contributed by atoms with Crippen LogP contribution in [0, 0.1) is 27.7 Å². The highest BCUT2D eigenvalue weighted by molar-refractivity contribution is 6.56. The first kappa shape index (κ1) is 48.8. The Morgan fingerprint density at radius 2 is 0.915 bits per heavy atom. The van der Waals surface area contributed by atoms with E-state index < -0.39 is 12.2 Å². The Morgan fingerprint density at radius 1 is 0.576 bits per heavy atom. The van der Waals surface area contributed by atoms with Crippen molar-refractivity contribution < 1.29 is 23.7 Å². The fraction of sp³-hybridized carbons (Fsp3) is 0.400. The summed E-state index contributed by atoms with van der Waals surface area (Å²) in [5.41, 5.74) is 4.08. The Labute approximate surface area is 385 Å².